The first-order valence-corrected chi connectivity index (χ1v) is 12.9. The van der Waals surface area contributed by atoms with Crippen molar-refractivity contribution in [3.63, 3.8) is 0 Å². The normalized spacial score (nSPS) is 17.7. The van der Waals surface area contributed by atoms with E-state index in [0.29, 0.717) is 29.6 Å². The Labute approximate surface area is 215 Å². The van der Waals surface area contributed by atoms with Crippen LogP contribution in [0, 0.1) is 3.57 Å². The zero-order valence-corrected chi connectivity index (χ0v) is 21.5. The van der Waals surface area contributed by atoms with E-state index in [1.54, 1.807) is 11.0 Å². The van der Waals surface area contributed by atoms with Crippen LogP contribution in [-0.4, -0.2) is 46.5 Å². The van der Waals surface area contributed by atoms with Crippen molar-refractivity contribution in [1.29, 1.82) is 0 Å². The minimum absolute atomic E-state index is 0.171. The molecule has 0 aromatic heterocycles. The van der Waals surface area contributed by atoms with Crippen molar-refractivity contribution in [3.8, 4) is 5.75 Å². The molecule has 2 aromatic carbocycles. The van der Waals surface area contributed by atoms with Crippen molar-refractivity contribution in [2.45, 2.75) is 25.9 Å². The maximum absolute atomic E-state index is 12.8. The maximum atomic E-state index is 12.8. The number of likely N-dealkylation sites (tertiary alicyclic amines) is 1. The number of hydrogen-bond acceptors (Lipinski definition) is 5. The van der Waals surface area contributed by atoms with Gasteiger partial charge in [0.25, 0.3) is 11.1 Å². The fourth-order valence-electron chi connectivity index (χ4n) is 3.63. The number of nitrogens with zero attached hydrogens (tertiary/aromatic N) is 2. The first-order valence-electron chi connectivity index (χ1n) is 10.6. The quantitative estimate of drug-likeness (QED) is 0.322. The fraction of sp³-hybridized carbons (Fsp3) is 0.292. The molecule has 2 aliphatic heterocycles. The first kappa shape index (κ1) is 24.1. The van der Waals surface area contributed by atoms with Gasteiger partial charge in [0.2, 0.25) is 5.91 Å². The SMILES string of the molecule is O=C(CN1C(=O)S/C(=C\c2ccc(OCc3ccc(Cl)cc3)c(I)c2)C1=O)N1CCCCC1. The topological polar surface area (TPSA) is 66.9 Å². The predicted octanol–water partition coefficient (Wildman–Crippen LogP) is 5.57. The smallest absolute Gasteiger partial charge is 0.294 e. The van der Waals surface area contributed by atoms with Gasteiger partial charge in [0.05, 0.1) is 8.48 Å². The van der Waals surface area contributed by atoms with Gasteiger partial charge in [-0.3, -0.25) is 19.3 Å². The Morgan fingerprint density at radius 1 is 1.09 bits per heavy atom. The molecule has 172 valence electrons. The van der Waals surface area contributed by atoms with E-state index in [2.05, 4.69) is 22.6 Å². The maximum Gasteiger partial charge on any atom is 0.294 e. The van der Waals surface area contributed by atoms with Crippen LogP contribution in [0.5, 0.6) is 5.75 Å². The number of thioether (sulfide) groups is 1. The van der Waals surface area contributed by atoms with E-state index in [-0.39, 0.29) is 12.5 Å². The average Bonchev–Trinajstić information content (AvgIpc) is 3.07. The Bertz CT molecular complexity index is 1100. The van der Waals surface area contributed by atoms with E-state index in [4.69, 9.17) is 16.3 Å². The van der Waals surface area contributed by atoms with Crippen molar-refractivity contribution in [1.82, 2.24) is 9.80 Å². The molecule has 0 spiro atoms. The van der Waals surface area contributed by atoms with Crippen LogP contribution < -0.4 is 4.74 Å². The molecule has 2 aliphatic rings. The first-order chi connectivity index (χ1) is 15.9. The highest BCUT2D eigenvalue weighted by Gasteiger charge is 2.37. The van der Waals surface area contributed by atoms with Crippen molar-refractivity contribution in [2.24, 2.45) is 0 Å². The Balaban J connectivity index is 1.40. The van der Waals surface area contributed by atoms with Crippen LogP contribution in [0.1, 0.15) is 30.4 Å². The van der Waals surface area contributed by atoms with Gasteiger partial charge >= 0.3 is 0 Å². The number of carbonyl (C=O) groups is 3. The summed E-state index contributed by atoms with van der Waals surface area (Å²) in [6.45, 7) is 1.60. The number of ether oxygens (including phenoxy) is 1. The third kappa shape index (κ3) is 6.10. The monoisotopic (exact) mass is 596 g/mol. The highest BCUT2D eigenvalue weighted by molar-refractivity contribution is 14.1. The highest BCUT2D eigenvalue weighted by atomic mass is 127. The van der Waals surface area contributed by atoms with Crippen LogP contribution in [0.2, 0.25) is 5.02 Å². The molecular formula is C24H22ClIN2O4S. The zero-order valence-electron chi connectivity index (χ0n) is 17.8. The second-order valence-electron chi connectivity index (χ2n) is 7.81. The van der Waals surface area contributed by atoms with Gasteiger partial charge in [-0.1, -0.05) is 29.8 Å². The summed E-state index contributed by atoms with van der Waals surface area (Å²) in [5.74, 6) is 0.131. The number of imide groups is 1. The van der Waals surface area contributed by atoms with E-state index in [1.165, 1.54) is 0 Å². The molecule has 3 amide bonds. The summed E-state index contributed by atoms with van der Waals surface area (Å²) in [5.41, 5.74) is 1.79. The third-order valence-corrected chi connectivity index (χ3v) is 7.44. The minimum Gasteiger partial charge on any atom is -0.488 e. The Morgan fingerprint density at radius 3 is 2.52 bits per heavy atom. The van der Waals surface area contributed by atoms with Gasteiger partial charge in [-0.2, -0.15) is 0 Å². The molecule has 2 fully saturated rings. The van der Waals surface area contributed by atoms with Crippen LogP contribution in [-0.2, 0) is 16.2 Å². The van der Waals surface area contributed by atoms with E-state index in [1.807, 2.05) is 42.5 Å². The average molecular weight is 597 g/mol. The van der Waals surface area contributed by atoms with Crippen molar-refractivity contribution in [2.75, 3.05) is 19.6 Å². The number of hydrogen-bond donors (Lipinski definition) is 0. The van der Waals surface area contributed by atoms with Gasteiger partial charge in [-0.05, 0) is 95.1 Å². The summed E-state index contributed by atoms with van der Waals surface area (Å²) < 4.78 is 6.78. The second kappa shape index (κ2) is 10.9. The molecule has 9 heteroatoms. The summed E-state index contributed by atoms with van der Waals surface area (Å²) in [6, 6.07) is 13.0. The van der Waals surface area contributed by atoms with E-state index < -0.39 is 11.1 Å². The van der Waals surface area contributed by atoms with Crippen molar-refractivity contribution < 1.29 is 19.1 Å². The predicted molar refractivity (Wildman–Crippen MR) is 138 cm³/mol. The molecule has 33 heavy (non-hydrogen) atoms. The summed E-state index contributed by atoms with van der Waals surface area (Å²) in [5, 5.41) is 0.271. The van der Waals surface area contributed by atoms with Crippen molar-refractivity contribution in [3.05, 3.63) is 67.1 Å². The van der Waals surface area contributed by atoms with Gasteiger partial charge < -0.3 is 9.64 Å². The van der Waals surface area contributed by atoms with Crippen molar-refractivity contribution >= 4 is 69.1 Å². The van der Waals surface area contributed by atoms with E-state index in [0.717, 1.165) is 56.4 Å². The number of halogens is 2. The minimum atomic E-state index is -0.423. The lowest BCUT2D eigenvalue weighted by Gasteiger charge is -2.27. The Morgan fingerprint density at radius 2 is 1.82 bits per heavy atom. The summed E-state index contributed by atoms with van der Waals surface area (Å²) in [7, 11) is 0. The molecule has 0 radical (unpaired) electrons. The van der Waals surface area contributed by atoms with Crippen LogP contribution in [0.4, 0.5) is 4.79 Å². The number of piperidine rings is 1. The van der Waals surface area contributed by atoms with Gasteiger partial charge in [0.15, 0.2) is 0 Å². The molecule has 6 nitrogen and oxygen atoms in total. The van der Waals surface area contributed by atoms with Crippen LogP contribution >= 0.6 is 46.0 Å². The number of rotatable bonds is 6. The molecule has 0 atom stereocenters. The summed E-state index contributed by atoms with van der Waals surface area (Å²) in [6.07, 6.45) is 4.72. The van der Waals surface area contributed by atoms with Gasteiger partial charge in [0, 0.05) is 18.1 Å². The molecule has 0 saturated carbocycles. The van der Waals surface area contributed by atoms with Gasteiger partial charge in [-0.15, -0.1) is 0 Å². The Hall–Kier alpha value is -2.04. The lowest BCUT2D eigenvalue weighted by molar-refractivity contribution is -0.136. The largest absolute Gasteiger partial charge is 0.488 e. The summed E-state index contributed by atoms with van der Waals surface area (Å²) in [4.78, 5) is 40.8. The number of carbonyl (C=O) groups excluding carboxylic acids is 3. The highest BCUT2D eigenvalue weighted by Crippen LogP contribution is 2.33. The number of amides is 3. The molecule has 0 unspecified atom stereocenters. The fourth-order valence-corrected chi connectivity index (χ4v) is 5.29. The molecule has 2 aromatic rings. The molecule has 2 heterocycles. The third-order valence-electron chi connectivity index (χ3n) is 5.44. The van der Waals surface area contributed by atoms with E-state index in [9.17, 15) is 14.4 Å². The molecule has 0 aliphatic carbocycles. The van der Waals surface area contributed by atoms with Gasteiger partial charge in [-0.25, -0.2) is 0 Å². The zero-order chi connectivity index (χ0) is 23.4. The lowest BCUT2D eigenvalue weighted by Crippen LogP contribution is -2.44. The Kier molecular flexibility index (Phi) is 7.98. The molecule has 0 N–H and O–H groups in total. The number of benzene rings is 2. The molecule has 4 rings (SSSR count). The summed E-state index contributed by atoms with van der Waals surface area (Å²) >= 11 is 8.96. The molecule has 2 saturated heterocycles. The van der Waals surface area contributed by atoms with Crippen LogP contribution in [0.25, 0.3) is 6.08 Å². The van der Waals surface area contributed by atoms with Gasteiger partial charge in [0.1, 0.15) is 18.9 Å². The molecule has 0 bridgehead atoms. The lowest BCUT2D eigenvalue weighted by atomic mass is 10.1. The standard InChI is InChI=1S/C24H22ClIN2O4S/c25-18-7-4-16(5-8-18)15-32-20-9-6-17(12-19(20)26)13-21-23(30)28(24(31)33-21)14-22(29)27-10-2-1-3-11-27/h4-9,12-13H,1-3,10-11,14-15H2/b21-13-. The van der Waals surface area contributed by atoms with Crippen LogP contribution in [0.3, 0.4) is 0 Å². The molecular weight excluding hydrogens is 575 g/mol. The second-order valence-corrected chi connectivity index (χ2v) is 10.4. The van der Waals surface area contributed by atoms with E-state index >= 15 is 0 Å². The van der Waals surface area contributed by atoms with Crippen LogP contribution in [0.15, 0.2) is 47.4 Å².